The van der Waals surface area contributed by atoms with Crippen LogP contribution in [-0.2, 0) is 11.3 Å². The molecule has 0 unspecified atom stereocenters. The summed E-state index contributed by atoms with van der Waals surface area (Å²) in [5.74, 6) is -0.605. The summed E-state index contributed by atoms with van der Waals surface area (Å²) in [4.78, 5) is 13.0. The Morgan fingerprint density at radius 2 is 2.04 bits per heavy atom. The number of amides is 1. The number of rotatable bonds is 5. The smallest absolute Gasteiger partial charge is 0.263 e. The number of halogens is 2. The fourth-order valence-electron chi connectivity index (χ4n) is 1.98. The lowest BCUT2D eigenvalue weighted by molar-refractivity contribution is -0.122. The van der Waals surface area contributed by atoms with Crippen molar-refractivity contribution in [3.8, 4) is 11.4 Å². The molecule has 2 aromatic carbocycles. The quantitative estimate of drug-likeness (QED) is 0.560. The average molecular weight is 359 g/mol. The van der Waals surface area contributed by atoms with E-state index in [4.69, 9.17) is 11.6 Å². The zero-order valence-electron chi connectivity index (χ0n) is 12.8. The molecule has 0 aliphatic rings. The molecule has 0 aliphatic heterocycles. The molecule has 25 heavy (non-hydrogen) atoms. The predicted octanol–water partition coefficient (Wildman–Crippen LogP) is 2.28. The highest BCUT2D eigenvalue weighted by Crippen LogP contribution is 2.16. The molecule has 3 aromatic rings. The van der Waals surface area contributed by atoms with E-state index in [1.54, 1.807) is 0 Å². The summed E-state index contributed by atoms with van der Waals surface area (Å²) in [6.07, 6.45) is 1.14. The number of carbonyl (C=O) groups excluding carboxylic acids is 1. The molecule has 1 heterocycles. The molecule has 3 rings (SSSR count). The number of benzene rings is 2. The van der Waals surface area contributed by atoms with Gasteiger partial charge < -0.3 is 0 Å². The number of hydrogen-bond donors (Lipinski definition) is 1. The van der Waals surface area contributed by atoms with Crippen LogP contribution < -0.4 is 5.43 Å². The first kappa shape index (κ1) is 16.7. The van der Waals surface area contributed by atoms with Crippen molar-refractivity contribution in [1.29, 1.82) is 0 Å². The van der Waals surface area contributed by atoms with Gasteiger partial charge in [-0.25, -0.2) is 9.82 Å². The fraction of sp³-hybridized carbons (Fsp3) is 0.0625. The molecule has 126 valence electrons. The third-order valence-corrected chi connectivity index (χ3v) is 3.48. The molecule has 1 amide bonds. The van der Waals surface area contributed by atoms with Gasteiger partial charge in [-0.3, -0.25) is 4.79 Å². The molecule has 0 saturated carbocycles. The van der Waals surface area contributed by atoms with Crippen LogP contribution in [0.5, 0.6) is 0 Å². The molecule has 1 aromatic heterocycles. The van der Waals surface area contributed by atoms with Gasteiger partial charge in [0.1, 0.15) is 12.4 Å². The van der Waals surface area contributed by atoms with Crippen LogP contribution in [0.1, 0.15) is 5.56 Å². The van der Waals surface area contributed by atoms with Crippen LogP contribution in [0.3, 0.4) is 0 Å². The van der Waals surface area contributed by atoms with Crippen LogP contribution in [0.15, 0.2) is 53.6 Å². The standard InChI is InChI=1S/C16H12ClFN6O/c17-13-7-4-8-14(18)12(13)9-19-20-15(25)10-24-22-16(21-23-24)11-5-2-1-3-6-11/h1-9H,10H2,(H,20,25)/b19-9-. The first-order valence-electron chi connectivity index (χ1n) is 7.22. The number of nitrogens with zero attached hydrogens (tertiary/aromatic N) is 5. The van der Waals surface area contributed by atoms with Crippen molar-refractivity contribution in [3.05, 3.63) is 64.9 Å². The minimum absolute atomic E-state index is 0.0923. The zero-order chi connectivity index (χ0) is 17.6. The van der Waals surface area contributed by atoms with Gasteiger partial charge in [-0.1, -0.05) is 48.0 Å². The Bertz CT molecular complexity index is 892. The molecule has 0 saturated heterocycles. The van der Waals surface area contributed by atoms with Crippen molar-refractivity contribution in [2.75, 3.05) is 0 Å². The van der Waals surface area contributed by atoms with Gasteiger partial charge in [0, 0.05) is 11.1 Å². The maximum atomic E-state index is 13.6. The minimum atomic E-state index is -0.532. The van der Waals surface area contributed by atoms with E-state index in [0.29, 0.717) is 5.82 Å². The van der Waals surface area contributed by atoms with Gasteiger partial charge in [0.25, 0.3) is 5.91 Å². The summed E-state index contributed by atoms with van der Waals surface area (Å²) in [7, 11) is 0. The van der Waals surface area contributed by atoms with Gasteiger partial charge >= 0.3 is 0 Å². The van der Waals surface area contributed by atoms with Crippen LogP contribution in [-0.4, -0.2) is 32.3 Å². The molecule has 0 spiro atoms. The monoisotopic (exact) mass is 358 g/mol. The summed E-state index contributed by atoms with van der Waals surface area (Å²) < 4.78 is 13.6. The van der Waals surface area contributed by atoms with Gasteiger partial charge in [-0.2, -0.15) is 9.90 Å². The molecule has 0 atom stereocenters. The van der Waals surface area contributed by atoms with Crippen molar-refractivity contribution in [3.63, 3.8) is 0 Å². The molecule has 9 heteroatoms. The zero-order valence-corrected chi connectivity index (χ0v) is 13.6. The Balaban J connectivity index is 1.60. The lowest BCUT2D eigenvalue weighted by atomic mass is 10.2. The highest BCUT2D eigenvalue weighted by Gasteiger charge is 2.09. The second-order valence-corrected chi connectivity index (χ2v) is 5.35. The lowest BCUT2D eigenvalue weighted by Crippen LogP contribution is -2.24. The van der Waals surface area contributed by atoms with E-state index in [9.17, 15) is 9.18 Å². The first-order chi connectivity index (χ1) is 12.1. The SMILES string of the molecule is O=C(Cn1nnc(-c2ccccc2)n1)N/N=C\c1c(F)cccc1Cl. The maximum Gasteiger partial charge on any atom is 0.263 e. The van der Waals surface area contributed by atoms with Crippen LogP contribution in [0.4, 0.5) is 4.39 Å². The topological polar surface area (TPSA) is 85.1 Å². The van der Waals surface area contributed by atoms with E-state index < -0.39 is 11.7 Å². The summed E-state index contributed by atoms with van der Waals surface area (Å²) in [5, 5.41) is 15.7. The molecular formula is C16H12ClFN6O. The van der Waals surface area contributed by atoms with Crippen molar-refractivity contribution in [2.45, 2.75) is 6.54 Å². The number of carbonyl (C=O) groups is 1. The van der Waals surface area contributed by atoms with Crippen LogP contribution in [0.2, 0.25) is 5.02 Å². The highest BCUT2D eigenvalue weighted by molar-refractivity contribution is 6.33. The summed E-state index contributed by atoms with van der Waals surface area (Å²) in [5.41, 5.74) is 3.14. The molecule has 7 nitrogen and oxygen atoms in total. The van der Waals surface area contributed by atoms with Gasteiger partial charge in [0.05, 0.1) is 11.2 Å². The number of nitrogens with one attached hydrogen (secondary N) is 1. The second-order valence-electron chi connectivity index (χ2n) is 4.94. The van der Waals surface area contributed by atoms with Gasteiger partial charge in [-0.15, -0.1) is 10.2 Å². The Morgan fingerprint density at radius 1 is 1.24 bits per heavy atom. The Hall–Kier alpha value is -3.13. The van der Waals surface area contributed by atoms with Crippen LogP contribution in [0.25, 0.3) is 11.4 Å². The Morgan fingerprint density at radius 3 is 2.80 bits per heavy atom. The van der Waals surface area contributed by atoms with E-state index in [1.165, 1.54) is 18.2 Å². The molecule has 0 radical (unpaired) electrons. The normalized spacial score (nSPS) is 11.0. The summed E-state index contributed by atoms with van der Waals surface area (Å²) in [6, 6.07) is 13.5. The molecule has 0 aliphatic carbocycles. The van der Waals surface area contributed by atoms with Crippen molar-refractivity contribution < 1.29 is 9.18 Å². The van der Waals surface area contributed by atoms with E-state index >= 15 is 0 Å². The predicted molar refractivity (Wildman–Crippen MR) is 90.4 cm³/mol. The number of hydrazone groups is 1. The lowest BCUT2D eigenvalue weighted by Gasteiger charge is -2.00. The van der Waals surface area contributed by atoms with Crippen LogP contribution in [0, 0.1) is 5.82 Å². The molecule has 0 fully saturated rings. The Labute approximate surface area is 147 Å². The van der Waals surface area contributed by atoms with Crippen molar-refractivity contribution in [2.24, 2.45) is 5.10 Å². The first-order valence-corrected chi connectivity index (χ1v) is 7.60. The minimum Gasteiger partial charge on any atom is -0.271 e. The van der Waals surface area contributed by atoms with Crippen LogP contribution >= 0.6 is 11.6 Å². The van der Waals surface area contributed by atoms with E-state index in [1.807, 2.05) is 30.3 Å². The summed E-state index contributed by atoms with van der Waals surface area (Å²) >= 11 is 5.86. The number of aromatic nitrogens is 4. The van der Waals surface area contributed by atoms with Gasteiger partial charge in [0.15, 0.2) is 0 Å². The Kier molecular flexibility index (Phi) is 5.10. The van der Waals surface area contributed by atoms with Gasteiger partial charge in [-0.05, 0) is 17.3 Å². The van der Waals surface area contributed by atoms with Gasteiger partial charge in [0.2, 0.25) is 5.82 Å². The van der Waals surface area contributed by atoms with Crippen molar-refractivity contribution in [1.82, 2.24) is 25.6 Å². The van der Waals surface area contributed by atoms with Crippen molar-refractivity contribution >= 4 is 23.7 Å². The molecule has 0 bridgehead atoms. The largest absolute Gasteiger partial charge is 0.271 e. The number of hydrogen-bond acceptors (Lipinski definition) is 5. The third-order valence-electron chi connectivity index (χ3n) is 3.15. The average Bonchev–Trinajstić information content (AvgIpc) is 3.07. The van der Waals surface area contributed by atoms with E-state index in [-0.39, 0.29) is 17.1 Å². The third kappa shape index (κ3) is 4.24. The second kappa shape index (κ2) is 7.63. The molecule has 1 N–H and O–H groups in total. The molecular weight excluding hydrogens is 347 g/mol. The fourth-order valence-corrected chi connectivity index (χ4v) is 2.19. The highest BCUT2D eigenvalue weighted by atomic mass is 35.5. The van der Waals surface area contributed by atoms with E-state index in [0.717, 1.165) is 16.6 Å². The number of tetrazole rings is 1. The summed E-state index contributed by atoms with van der Waals surface area (Å²) in [6.45, 7) is -0.178. The maximum absolute atomic E-state index is 13.6. The van der Waals surface area contributed by atoms with E-state index in [2.05, 4.69) is 25.9 Å².